The number of benzene rings is 3. The molecule has 282 valence electrons. The van der Waals surface area contributed by atoms with Crippen LogP contribution in [-0.2, 0) is 53.7 Å². The van der Waals surface area contributed by atoms with Gasteiger partial charge in [-0.1, -0.05) is 52.8 Å². The standard InChI is InChI=1S/C43H62N6O3/c1-9-10-41(50)47-24-32-15-34(20-38(18-32)44-6)26-48(42(51)13-11-30(2)3)28-36-17-37(23-40(22-36)46-8)29-49(43(52)14-12-31(4)5)27-35-16-33(25-47)19-39(21-35)45-7/h15-23,30-31,44-46H,9-14,24-29H2,1-8H3. The molecule has 0 unspecified atom stereocenters. The number of rotatable bonds is 11. The van der Waals surface area contributed by atoms with Crippen LogP contribution in [0.2, 0.25) is 0 Å². The van der Waals surface area contributed by atoms with Crippen molar-refractivity contribution in [3.05, 3.63) is 88.0 Å². The number of carbonyl (C=O) groups is 3. The van der Waals surface area contributed by atoms with E-state index >= 15 is 0 Å². The Morgan fingerprint density at radius 2 is 0.731 bits per heavy atom. The summed E-state index contributed by atoms with van der Waals surface area (Å²) in [6.45, 7) is 13.3. The third-order valence-electron chi connectivity index (χ3n) is 9.66. The number of fused-ring (bicyclic) bond motifs is 6. The second kappa shape index (κ2) is 19.3. The largest absolute Gasteiger partial charge is 0.388 e. The minimum Gasteiger partial charge on any atom is -0.388 e. The number of anilines is 3. The summed E-state index contributed by atoms with van der Waals surface area (Å²) in [5, 5.41) is 9.94. The molecule has 0 aliphatic carbocycles. The third kappa shape index (κ3) is 12.0. The lowest BCUT2D eigenvalue weighted by Crippen LogP contribution is -2.32. The lowest BCUT2D eigenvalue weighted by molar-refractivity contribution is -0.133. The van der Waals surface area contributed by atoms with Gasteiger partial charge in [-0.05, 0) is 101 Å². The van der Waals surface area contributed by atoms with Crippen molar-refractivity contribution >= 4 is 34.8 Å². The van der Waals surface area contributed by atoms with Crippen molar-refractivity contribution in [2.75, 3.05) is 37.1 Å². The number of carbonyl (C=O) groups excluding carboxylic acids is 3. The van der Waals surface area contributed by atoms with Gasteiger partial charge in [-0.2, -0.15) is 0 Å². The minimum absolute atomic E-state index is 0.0968. The van der Waals surface area contributed by atoms with Gasteiger partial charge >= 0.3 is 0 Å². The van der Waals surface area contributed by atoms with Gasteiger partial charge in [0.2, 0.25) is 17.7 Å². The maximum absolute atomic E-state index is 13.9. The van der Waals surface area contributed by atoms with Crippen LogP contribution >= 0.6 is 0 Å². The molecule has 0 saturated heterocycles. The van der Waals surface area contributed by atoms with Gasteiger partial charge in [0, 0.05) is 96.7 Å². The second-order valence-electron chi connectivity index (χ2n) is 15.2. The highest BCUT2D eigenvalue weighted by Gasteiger charge is 2.22. The lowest BCUT2D eigenvalue weighted by atomic mass is 10.0. The Morgan fingerprint density at radius 3 is 0.942 bits per heavy atom. The van der Waals surface area contributed by atoms with Crippen molar-refractivity contribution in [3.63, 3.8) is 0 Å². The fraction of sp³-hybridized carbons (Fsp3) is 0.512. The van der Waals surface area contributed by atoms with Gasteiger partial charge in [0.1, 0.15) is 0 Å². The van der Waals surface area contributed by atoms with Gasteiger partial charge in [-0.25, -0.2) is 0 Å². The molecule has 1 aliphatic heterocycles. The summed E-state index contributed by atoms with van der Waals surface area (Å²) in [7, 11) is 5.71. The number of nitrogens with one attached hydrogen (secondary N) is 3. The summed E-state index contributed by atoms with van der Waals surface area (Å²) in [5.74, 6) is 1.15. The number of nitrogens with zero attached hydrogens (tertiary/aromatic N) is 3. The van der Waals surface area contributed by atoms with E-state index in [0.717, 1.165) is 69.7 Å². The highest BCUT2D eigenvalue weighted by molar-refractivity contribution is 5.78. The van der Waals surface area contributed by atoms with Gasteiger partial charge in [0.05, 0.1) is 0 Å². The summed E-state index contributed by atoms with van der Waals surface area (Å²) in [6.07, 6.45) is 3.79. The molecule has 3 aromatic rings. The molecule has 9 heteroatoms. The van der Waals surface area contributed by atoms with Crippen LogP contribution in [-0.4, -0.2) is 53.6 Å². The average molecular weight is 711 g/mol. The molecule has 0 spiro atoms. The normalized spacial score (nSPS) is 13.8. The van der Waals surface area contributed by atoms with E-state index in [-0.39, 0.29) is 17.7 Å². The van der Waals surface area contributed by atoms with E-state index in [1.807, 2.05) is 42.8 Å². The molecule has 1 heterocycles. The molecule has 3 amide bonds. The van der Waals surface area contributed by atoms with Crippen LogP contribution in [0.15, 0.2) is 54.6 Å². The Hall–Kier alpha value is -4.53. The highest BCUT2D eigenvalue weighted by atomic mass is 16.2. The Morgan fingerprint density at radius 1 is 0.481 bits per heavy atom. The van der Waals surface area contributed by atoms with Crippen molar-refractivity contribution in [2.45, 2.75) is 112 Å². The van der Waals surface area contributed by atoms with Crippen LogP contribution in [0.4, 0.5) is 17.1 Å². The molecule has 9 nitrogen and oxygen atoms in total. The van der Waals surface area contributed by atoms with Crippen LogP contribution in [0.1, 0.15) is 107 Å². The molecule has 3 aromatic carbocycles. The second-order valence-corrected chi connectivity index (χ2v) is 15.2. The summed E-state index contributed by atoms with van der Waals surface area (Å²) in [4.78, 5) is 47.4. The van der Waals surface area contributed by atoms with Gasteiger partial charge < -0.3 is 30.7 Å². The molecule has 6 bridgehead atoms. The molecule has 3 N–H and O–H groups in total. The Kier molecular flexibility index (Phi) is 15.0. The fourth-order valence-corrected chi connectivity index (χ4v) is 6.80. The molecule has 0 atom stereocenters. The van der Waals surface area contributed by atoms with Crippen LogP contribution in [0.5, 0.6) is 0 Å². The van der Waals surface area contributed by atoms with E-state index in [2.05, 4.69) is 98.2 Å². The van der Waals surface area contributed by atoms with Crippen molar-refractivity contribution < 1.29 is 14.4 Å². The Labute approximate surface area is 312 Å². The van der Waals surface area contributed by atoms with E-state index < -0.39 is 0 Å². The van der Waals surface area contributed by atoms with Gasteiger partial charge in [0.15, 0.2) is 0 Å². The molecule has 0 saturated carbocycles. The Balaban J connectivity index is 1.89. The summed E-state index contributed by atoms with van der Waals surface area (Å²) < 4.78 is 0. The average Bonchev–Trinajstić information content (AvgIpc) is 3.11. The highest BCUT2D eigenvalue weighted by Crippen LogP contribution is 2.26. The zero-order valence-electron chi connectivity index (χ0n) is 32.9. The first-order chi connectivity index (χ1) is 24.9. The van der Waals surface area contributed by atoms with Gasteiger partial charge in [-0.15, -0.1) is 0 Å². The molecular formula is C43H62N6O3. The van der Waals surface area contributed by atoms with Crippen molar-refractivity contribution in [3.8, 4) is 0 Å². The van der Waals surface area contributed by atoms with Crippen LogP contribution in [0, 0.1) is 11.8 Å². The smallest absolute Gasteiger partial charge is 0.223 e. The predicted molar refractivity (Wildman–Crippen MR) is 214 cm³/mol. The summed E-state index contributed by atoms with van der Waals surface area (Å²) >= 11 is 0. The fourth-order valence-electron chi connectivity index (χ4n) is 6.80. The molecule has 52 heavy (non-hydrogen) atoms. The first kappa shape index (κ1) is 40.2. The zero-order valence-corrected chi connectivity index (χ0v) is 32.9. The lowest BCUT2D eigenvalue weighted by Gasteiger charge is -2.28. The quantitative estimate of drug-likeness (QED) is 0.185. The first-order valence-electron chi connectivity index (χ1n) is 19.1. The molecule has 0 aromatic heterocycles. The third-order valence-corrected chi connectivity index (χ3v) is 9.66. The Bertz CT molecular complexity index is 1560. The number of hydrogen-bond acceptors (Lipinski definition) is 6. The van der Waals surface area contributed by atoms with Crippen LogP contribution < -0.4 is 16.0 Å². The van der Waals surface area contributed by atoms with Crippen molar-refractivity contribution in [1.82, 2.24) is 14.7 Å². The van der Waals surface area contributed by atoms with E-state index in [1.54, 1.807) is 0 Å². The van der Waals surface area contributed by atoms with E-state index in [1.165, 1.54) is 0 Å². The van der Waals surface area contributed by atoms with Crippen LogP contribution in [0.3, 0.4) is 0 Å². The topological polar surface area (TPSA) is 97.0 Å². The zero-order chi connectivity index (χ0) is 37.8. The number of hydrogen-bond donors (Lipinski definition) is 3. The molecule has 0 fully saturated rings. The molecule has 4 rings (SSSR count). The van der Waals surface area contributed by atoms with Crippen molar-refractivity contribution in [2.24, 2.45) is 11.8 Å². The molecule has 1 aliphatic rings. The van der Waals surface area contributed by atoms with Crippen LogP contribution in [0.25, 0.3) is 0 Å². The minimum atomic E-state index is 0.0968. The SMILES string of the molecule is CCCC(=O)N1Cc2cc(cc(NC)c2)CN(C(=O)CCC(C)C)Cc2cc(cc(NC)c2)CN(C(=O)CCC(C)C)Cc2cc(cc(NC)c2)C1. The maximum Gasteiger partial charge on any atom is 0.223 e. The summed E-state index contributed by atoms with van der Waals surface area (Å²) in [6, 6.07) is 19.0. The van der Waals surface area contributed by atoms with Crippen molar-refractivity contribution in [1.29, 1.82) is 0 Å². The van der Waals surface area contributed by atoms with E-state index in [9.17, 15) is 14.4 Å². The monoisotopic (exact) mass is 710 g/mol. The first-order valence-corrected chi connectivity index (χ1v) is 19.1. The molecule has 0 radical (unpaired) electrons. The molecular weight excluding hydrogens is 649 g/mol. The summed E-state index contributed by atoms with van der Waals surface area (Å²) in [5.41, 5.74) is 8.89. The van der Waals surface area contributed by atoms with E-state index in [4.69, 9.17) is 0 Å². The van der Waals surface area contributed by atoms with Gasteiger partial charge in [-0.3, -0.25) is 14.4 Å². The van der Waals surface area contributed by atoms with E-state index in [0.29, 0.717) is 70.4 Å². The van der Waals surface area contributed by atoms with Gasteiger partial charge in [0.25, 0.3) is 0 Å². The number of amides is 3. The predicted octanol–water partition coefficient (Wildman–Crippen LogP) is 8.38. The maximum atomic E-state index is 13.9.